The molecule has 0 aliphatic carbocycles. The number of nitrogens with one attached hydrogen (secondary N) is 2. The van der Waals surface area contributed by atoms with E-state index in [1.165, 1.54) is 11.1 Å². The molecule has 0 aromatic heterocycles. The summed E-state index contributed by atoms with van der Waals surface area (Å²) in [6.07, 6.45) is 0. The van der Waals surface area contributed by atoms with Crippen LogP contribution in [-0.4, -0.2) is 21.2 Å². The van der Waals surface area contributed by atoms with E-state index in [4.69, 9.17) is 4.74 Å². The van der Waals surface area contributed by atoms with Gasteiger partial charge in [-0.3, -0.25) is 0 Å². The Balaban J connectivity index is 2.33. The van der Waals surface area contributed by atoms with Crippen LogP contribution in [0.1, 0.15) is 17.2 Å². The molecule has 20 heavy (non-hydrogen) atoms. The SMILES string of the molecule is CNc1ccc(C(NC)c2ccc(OC)c(Br)c2)cc1. The maximum Gasteiger partial charge on any atom is 0.133 e. The molecular formula is C16H19BrN2O. The number of ether oxygens (including phenoxy) is 1. The van der Waals surface area contributed by atoms with E-state index in [0.29, 0.717) is 0 Å². The van der Waals surface area contributed by atoms with E-state index in [2.05, 4.69) is 63.0 Å². The molecule has 4 heteroatoms. The van der Waals surface area contributed by atoms with Crippen molar-refractivity contribution in [2.45, 2.75) is 6.04 Å². The van der Waals surface area contributed by atoms with Crippen molar-refractivity contribution in [3.8, 4) is 5.75 Å². The first-order chi connectivity index (χ1) is 9.69. The largest absolute Gasteiger partial charge is 0.496 e. The second kappa shape index (κ2) is 6.77. The van der Waals surface area contributed by atoms with Gasteiger partial charge in [-0.2, -0.15) is 0 Å². The lowest BCUT2D eigenvalue weighted by Crippen LogP contribution is -2.17. The van der Waals surface area contributed by atoms with E-state index in [-0.39, 0.29) is 6.04 Å². The summed E-state index contributed by atoms with van der Waals surface area (Å²) in [5, 5.41) is 6.49. The Labute approximate surface area is 128 Å². The number of hydrogen-bond acceptors (Lipinski definition) is 3. The third-order valence-electron chi connectivity index (χ3n) is 3.33. The molecule has 0 heterocycles. The summed E-state index contributed by atoms with van der Waals surface area (Å²) < 4.78 is 6.24. The second-order valence-corrected chi connectivity index (χ2v) is 5.34. The molecule has 2 N–H and O–H groups in total. The van der Waals surface area contributed by atoms with Gasteiger partial charge in [0.15, 0.2) is 0 Å². The fraction of sp³-hybridized carbons (Fsp3) is 0.250. The van der Waals surface area contributed by atoms with Crippen LogP contribution < -0.4 is 15.4 Å². The molecule has 0 saturated carbocycles. The first-order valence-corrected chi connectivity index (χ1v) is 7.27. The van der Waals surface area contributed by atoms with Gasteiger partial charge in [-0.1, -0.05) is 18.2 Å². The fourth-order valence-corrected chi connectivity index (χ4v) is 2.79. The predicted molar refractivity (Wildman–Crippen MR) is 87.6 cm³/mol. The van der Waals surface area contributed by atoms with Gasteiger partial charge in [0.25, 0.3) is 0 Å². The number of anilines is 1. The monoisotopic (exact) mass is 334 g/mol. The molecule has 0 bridgehead atoms. The lowest BCUT2D eigenvalue weighted by Gasteiger charge is -2.18. The van der Waals surface area contributed by atoms with Crippen LogP contribution in [0.15, 0.2) is 46.9 Å². The van der Waals surface area contributed by atoms with Crippen LogP contribution >= 0.6 is 15.9 Å². The smallest absolute Gasteiger partial charge is 0.133 e. The molecule has 0 amide bonds. The highest BCUT2D eigenvalue weighted by Gasteiger charge is 2.13. The quantitative estimate of drug-likeness (QED) is 0.872. The van der Waals surface area contributed by atoms with Gasteiger partial charge >= 0.3 is 0 Å². The molecule has 1 unspecified atom stereocenters. The molecule has 2 aromatic rings. The molecule has 2 aromatic carbocycles. The zero-order valence-corrected chi connectivity index (χ0v) is 13.5. The average Bonchev–Trinajstić information content (AvgIpc) is 2.49. The summed E-state index contributed by atoms with van der Waals surface area (Å²) in [6.45, 7) is 0. The molecule has 0 saturated heterocycles. The molecular weight excluding hydrogens is 316 g/mol. The molecule has 0 fully saturated rings. The number of benzene rings is 2. The molecule has 0 spiro atoms. The Bertz CT molecular complexity index is 569. The van der Waals surface area contributed by atoms with Crippen LogP contribution in [0, 0.1) is 0 Å². The van der Waals surface area contributed by atoms with Crippen molar-refractivity contribution in [3.63, 3.8) is 0 Å². The van der Waals surface area contributed by atoms with Crippen LogP contribution in [0.5, 0.6) is 5.75 Å². The molecule has 0 aliphatic heterocycles. The molecule has 3 nitrogen and oxygen atoms in total. The van der Waals surface area contributed by atoms with Crippen molar-refractivity contribution < 1.29 is 4.74 Å². The van der Waals surface area contributed by atoms with Crippen molar-refractivity contribution in [3.05, 3.63) is 58.1 Å². The highest BCUT2D eigenvalue weighted by atomic mass is 79.9. The minimum Gasteiger partial charge on any atom is -0.496 e. The maximum atomic E-state index is 5.27. The van der Waals surface area contributed by atoms with Crippen LogP contribution in [0.3, 0.4) is 0 Å². The summed E-state index contributed by atoms with van der Waals surface area (Å²) in [7, 11) is 5.56. The van der Waals surface area contributed by atoms with Gasteiger partial charge in [-0.15, -0.1) is 0 Å². The second-order valence-electron chi connectivity index (χ2n) is 4.49. The zero-order valence-electron chi connectivity index (χ0n) is 11.9. The normalized spacial score (nSPS) is 12.0. The van der Waals surface area contributed by atoms with Crippen LogP contribution in [0.25, 0.3) is 0 Å². The fourth-order valence-electron chi connectivity index (χ4n) is 2.23. The van der Waals surface area contributed by atoms with Gasteiger partial charge in [0.2, 0.25) is 0 Å². The first-order valence-electron chi connectivity index (χ1n) is 6.48. The van der Waals surface area contributed by atoms with Crippen molar-refractivity contribution in [2.75, 3.05) is 26.5 Å². The Morgan fingerprint density at radius 3 is 2.15 bits per heavy atom. The summed E-state index contributed by atoms with van der Waals surface area (Å²) in [6, 6.07) is 14.7. The molecule has 0 radical (unpaired) electrons. The van der Waals surface area contributed by atoms with Crippen LogP contribution in [0.2, 0.25) is 0 Å². The summed E-state index contributed by atoms with van der Waals surface area (Å²) in [5.41, 5.74) is 3.53. The van der Waals surface area contributed by atoms with Gasteiger partial charge in [0.1, 0.15) is 5.75 Å². The third kappa shape index (κ3) is 3.14. The topological polar surface area (TPSA) is 33.3 Å². The molecule has 1 atom stereocenters. The predicted octanol–water partition coefficient (Wildman–Crippen LogP) is 3.81. The third-order valence-corrected chi connectivity index (χ3v) is 3.95. The first kappa shape index (κ1) is 14.9. The van der Waals surface area contributed by atoms with E-state index in [9.17, 15) is 0 Å². The summed E-state index contributed by atoms with van der Waals surface area (Å²) in [4.78, 5) is 0. The lowest BCUT2D eigenvalue weighted by molar-refractivity contribution is 0.412. The minimum atomic E-state index is 0.156. The van der Waals surface area contributed by atoms with Crippen molar-refractivity contribution in [1.82, 2.24) is 5.32 Å². The average molecular weight is 335 g/mol. The Hall–Kier alpha value is -1.52. The van der Waals surface area contributed by atoms with Gasteiger partial charge in [-0.25, -0.2) is 0 Å². The van der Waals surface area contributed by atoms with E-state index < -0.39 is 0 Å². The maximum absolute atomic E-state index is 5.27. The highest BCUT2D eigenvalue weighted by molar-refractivity contribution is 9.10. The number of methoxy groups -OCH3 is 1. The summed E-state index contributed by atoms with van der Waals surface area (Å²) in [5.74, 6) is 0.842. The van der Waals surface area contributed by atoms with E-state index in [0.717, 1.165) is 15.9 Å². The lowest BCUT2D eigenvalue weighted by atomic mass is 9.98. The van der Waals surface area contributed by atoms with Gasteiger partial charge < -0.3 is 15.4 Å². The molecule has 106 valence electrons. The number of halogens is 1. The van der Waals surface area contributed by atoms with E-state index in [1.54, 1.807) is 7.11 Å². The minimum absolute atomic E-state index is 0.156. The van der Waals surface area contributed by atoms with Crippen molar-refractivity contribution >= 4 is 21.6 Å². The van der Waals surface area contributed by atoms with Gasteiger partial charge in [0, 0.05) is 12.7 Å². The van der Waals surface area contributed by atoms with E-state index >= 15 is 0 Å². The van der Waals surface area contributed by atoms with E-state index in [1.807, 2.05) is 20.2 Å². The number of hydrogen-bond donors (Lipinski definition) is 2. The molecule has 0 aliphatic rings. The Kier molecular flexibility index (Phi) is 5.04. The highest BCUT2D eigenvalue weighted by Crippen LogP contribution is 2.30. The van der Waals surface area contributed by atoms with Crippen molar-refractivity contribution in [2.24, 2.45) is 0 Å². The van der Waals surface area contributed by atoms with Gasteiger partial charge in [-0.05, 0) is 58.4 Å². The standard InChI is InChI=1S/C16H19BrN2O/c1-18-13-7-4-11(5-8-13)16(19-2)12-6-9-15(20-3)14(17)10-12/h4-10,16,18-19H,1-3H3. The van der Waals surface area contributed by atoms with Crippen molar-refractivity contribution in [1.29, 1.82) is 0 Å². The molecule has 2 rings (SSSR count). The zero-order chi connectivity index (χ0) is 14.5. The Morgan fingerprint density at radius 2 is 1.65 bits per heavy atom. The Morgan fingerprint density at radius 1 is 1.00 bits per heavy atom. The number of rotatable bonds is 5. The van der Waals surface area contributed by atoms with Gasteiger partial charge in [0.05, 0.1) is 17.6 Å². The van der Waals surface area contributed by atoms with Crippen LogP contribution in [0.4, 0.5) is 5.69 Å². The van der Waals surface area contributed by atoms with Crippen LogP contribution in [-0.2, 0) is 0 Å². The summed E-state index contributed by atoms with van der Waals surface area (Å²) >= 11 is 3.54.